The first-order valence-electron chi connectivity index (χ1n) is 6.93. The van der Waals surface area contributed by atoms with Crippen LogP contribution in [0.4, 0.5) is 10.1 Å². The third-order valence-electron chi connectivity index (χ3n) is 3.19. The normalized spacial score (nSPS) is 11.9. The molecule has 1 atom stereocenters. The average Bonchev–Trinajstić information content (AvgIpc) is 2.48. The summed E-state index contributed by atoms with van der Waals surface area (Å²) in [5.41, 5.74) is 1.61. The Labute approximate surface area is 119 Å². The molecule has 2 rings (SSSR count). The largest absolute Gasteiger partial charge is 0.491 e. The molecule has 0 aliphatic rings. The molecular formula is C17H20FNO. The molecule has 0 saturated carbocycles. The number of para-hydroxylation sites is 1. The summed E-state index contributed by atoms with van der Waals surface area (Å²) in [7, 11) is 0. The van der Waals surface area contributed by atoms with Gasteiger partial charge in [-0.3, -0.25) is 0 Å². The lowest BCUT2D eigenvalue weighted by molar-refractivity contribution is 0.217. The standard InChI is InChI=1S/C17H20FNO/c1-3-13(2)20-15-10-8-14(9-11-15)12-19-17-7-5-4-6-16(17)18/h4-11,13,19H,3,12H2,1-2H3. The molecule has 1 unspecified atom stereocenters. The Morgan fingerprint density at radius 3 is 2.45 bits per heavy atom. The number of halogens is 1. The summed E-state index contributed by atoms with van der Waals surface area (Å²) < 4.78 is 19.2. The molecule has 20 heavy (non-hydrogen) atoms. The third kappa shape index (κ3) is 3.98. The second kappa shape index (κ2) is 6.94. The highest BCUT2D eigenvalue weighted by Gasteiger charge is 2.02. The van der Waals surface area contributed by atoms with Gasteiger partial charge in [0.2, 0.25) is 0 Å². The third-order valence-corrected chi connectivity index (χ3v) is 3.19. The lowest BCUT2D eigenvalue weighted by atomic mass is 10.2. The maximum atomic E-state index is 13.5. The molecule has 3 heteroatoms. The van der Waals surface area contributed by atoms with Crippen LogP contribution < -0.4 is 10.1 Å². The predicted molar refractivity (Wildman–Crippen MR) is 80.5 cm³/mol. The molecular weight excluding hydrogens is 253 g/mol. The zero-order valence-corrected chi connectivity index (χ0v) is 11.9. The van der Waals surface area contributed by atoms with Crippen molar-refractivity contribution in [1.82, 2.24) is 0 Å². The van der Waals surface area contributed by atoms with Crippen LogP contribution in [0.5, 0.6) is 5.75 Å². The summed E-state index contributed by atoms with van der Waals surface area (Å²) in [5.74, 6) is 0.637. The Kier molecular flexibility index (Phi) is 4.99. The molecule has 2 nitrogen and oxygen atoms in total. The highest BCUT2D eigenvalue weighted by atomic mass is 19.1. The lowest BCUT2D eigenvalue weighted by Gasteiger charge is -2.13. The van der Waals surface area contributed by atoms with E-state index in [1.165, 1.54) is 6.07 Å². The quantitative estimate of drug-likeness (QED) is 0.829. The molecule has 2 aromatic rings. The fourth-order valence-electron chi connectivity index (χ4n) is 1.80. The van der Waals surface area contributed by atoms with E-state index >= 15 is 0 Å². The Bertz CT molecular complexity index is 539. The van der Waals surface area contributed by atoms with Gasteiger partial charge in [0.15, 0.2) is 0 Å². The smallest absolute Gasteiger partial charge is 0.146 e. The van der Waals surface area contributed by atoms with Crippen LogP contribution in [0.1, 0.15) is 25.8 Å². The summed E-state index contributed by atoms with van der Waals surface area (Å²) in [6.45, 7) is 4.73. The lowest BCUT2D eigenvalue weighted by Crippen LogP contribution is -2.09. The first-order valence-corrected chi connectivity index (χ1v) is 6.93. The Hall–Kier alpha value is -2.03. The van der Waals surface area contributed by atoms with Crippen molar-refractivity contribution in [2.75, 3.05) is 5.32 Å². The molecule has 2 aromatic carbocycles. The van der Waals surface area contributed by atoms with Crippen LogP contribution in [0.15, 0.2) is 48.5 Å². The summed E-state index contributed by atoms with van der Waals surface area (Å²) in [6.07, 6.45) is 1.20. The molecule has 0 bridgehead atoms. The van der Waals surface area contributed by atoms with Gasteiger partial charge in [0.05, 0.1) is 11.8 Å². The zero-order chi connectivity index (χ0) is 14.4. The van der Waals surface area contributed by atoms with Crippen LogP contribution in [0.2, 0.25) is 0 Å². The van der Waals surface area contributed by atoms with Gasteiger partial charge in [-0.1, -0.05) is 31.2 Å². The molecule has 0 heterocycles. The molecule has 0 saturated heterocycles. The number of rotatable bonds is 6. The summed E-state index contributed by atoms with van der Waals surface area (Å²) >= 11 is 0. The number of benzene rings is 2. The van der Waals surface area contributed by atoms with Crippen LogP contribution in [0.25, 0.3) is 0 Å². The topological polar surface area (TPSA) is 21.3 Å². The second-order valence-corrected chi connectivity index (χ2v) is 4.81. The van der Waals surface area contributed by atoms with Crippen LogP contribution in [-0.4, -0.2) is 6.10 Å². The Balaban J connectivity index is 1.92. The van der Waals surface area contributed by atoms with Crippen LogP contribution in [-0.2, 0) is 6.54 Å². The molecule has 0 spiro atoms. The number of nitrogens with one attached hydrogen (secondary N) is 1. The van der Waals surface area contributed by atoms with Crippen LogP contribution in [0.3, 0.4) is 0 Å². The Morgan fingerprint density at radius 1 is 1.10 bits per heavy atom. The predicted octanol–water partition coefficient (Wildman–Crippen LogP) is 4.62. The molecule has 0 fully saturated rings. The van der Waals surface area contributed by atoms with Gasteiger partial charge in [-0.15, -0.1) is 0 Å². The van der Waals surface area contributed by atoms with Gasteiger partial charge in [-0.25, -0.2) is 4.39 Å². The minimum Gasteiger partial charge on any atom is -0.491 e. The van der Waals surface area contributed by atoms with Gasteiger partial charge < -0.3 is 10.1 Å². The van der Waals surface area contributed by atoms with Crippen molar-refractivity contribution in [1.29, 1.82) is 0 Å². The van der Waals surface area contributed by atoms with Crippen LogP contribution in [0, 0.1) is 5.82 Å². The maximum absolute atomic E-state index is 13.5. The van der Waals surface area contributed by atoms with Gasteiger partial charge in [0, 0.05) is 6.54 Å². The van der Waals surface area contributed by atoms with Crippen molar-refractivity contribution >= 4 is 5.69 Å². The average molecular weight is 273 g/mol. The fraction of sp³-hybridized carbons (Fsp3) is 0.294. The van der Waals surface area contributed by atoms with Gasteiger partial charge in [-0.05, 0) is 43.2 Å². The van der Waals surface area contributed by atoms with E-state index < -0.39 is 0 Å². The van der Waals surface area contributed by atoms with E-state index in [2.05, 4.69) is 12.2 Å². The SMILES string of the molecule is CCC(C)Oc1ccc(CNc2ccccc2F)cc1. The second-order valence-electron chi connectivity index (χ2n) is 4.81. The van der Waals surface area contributed by atoms with E-state index in [-0.39, 0.29) is 11.9 Å². The summed E-state index contributed by atoms with van der Waals surface area (Å²) in [6, 6.07) is 14.6. The van der Waals surface area contributed by atoms with Gasteiger partial charge in [0.25, 0.3) is 0 Å². The molecule has 0 aromatic heterocycles. The van der Waals surface area contributed by atoms with Gasteiger partial charge in [-0.2, -0.15) is 0 Å². The summed E-state index contributed by atoms with van der Waals surface area (Å²) in [4.78, 5) is 0. The van der Waals surface area contributed by atoms with Crippen molar-refractivity contribution in [3.8, 4) is 5.75 Å². The number of hydrogen-bond donors (Lipinski definition) is 1. The number of anilines is 1. The number of ether oxygens (including phenoxy) is 1. The van der Waals surface area contributed by atoms with Crippen LogP contribution >= 0.6 is 0 Å². The minimum absolute atomic E-state index is 0.220. The van der Waals surface area contributed by atoms with E-state index in [1.54, 1.807) is 12.1 Å². The molecule has 106 valence electrons. The van der Waals surface area contributed by atoms with E-state index in [4.69, 9.17) is 4.74 Å². The number of hydrogen-bond acceptors (Lipinski definition) is 2. The van der Waals surface area contributed by atoms with Crippen molar-refractivity contribution in [2.24, 2.45) is 0 Å². The van der Waals surface area contributed by atoms with Crippen molar-refractivity contribution in [3.05, 3.63) is 59.9 Å². The minimum atomic E-state index is -0.232. The maximum Gasteiger partial charge on any atom is 0.146 e. The van der Waals surface area contributed by atoms with E-state index in [9.17, 15) is 4.39 Å². The summed E-state index contributed by atoms with van der Waals surface area (Å²) in [5, 5.41) is 3.08. The zero-order valence-electron chi connectivity index (χ0n) is 11.9. The van der Waals surface area contributed by atoms with Gasteiger partial charge >= 0.3 is 0 Å². The van der Waals surface area contributed by atoms with Gasteiger partial charge in [0.1, 0.15) is 11.6 Å². The Morgan fingerprint density at radius 2 is 1.80 bits per heavy atom. The molecule has 0 radical (unpaired) electrons. The monoisotopic (exact) mass is 273 g/mol. The molecule has 0 amide bonds. The van der Waals surface area contributed by atoms with E-state index in [1.807, 2.05) is 37.3 Å². The van der Waals surface area contributed by atoms with E-state index in [0.717, 1.165) is 17.7 Å². The first-order chi connectivity index (χ1) is 9.69. The molecule has 0 aliphatic heterocycles. The first kappa shape index (κ1) is 14.4. The molecule has 1 N–H and O–H groups in total. The van der Waals surface area contributed by atoms with Crippen molar-refractivity contribution in [3.63, 3.8) is 0 Å². The highest BCUT2D eigenvalue weighted by molar-refractivity contribution is 5.45. The molecule has 0 aliphatic carbocycles. The van der Waals surface area contributed by atoms with Crippen molar-refractivity contribution < 1.29 is 9.13 Å². The van der Waals surface area contributed by atoms with E-state index in [0.29, 0.717) is 12.2 Å². The van der Waals surface area contributed by atoms with Crippen molar-refractivity contribution in [2.45, 2.75) is 32.9 Å². The fourth-order valence-corrected chi connectivity index (χ4v) is 1.80. The highest BCUT2D eigenvalue weighted by Crippen LogP contribution is 2.17.